The molecule has 0 fully saturated rings. The summed E-state index contributed by atoms with van der Waals surface area (Å²) in [6.07, 6.45) is 3.22. The van der Waals surface area contributed by atoms with E-state index in [0.29, 0.717) is 10.7 Å². The van der Waals surface area contributed by atoms with E-state index in [1.54, 1.807) is 30.6 Å². The molecule has 0 spiro atoms. The molecule has 4 aromatic rings. The molecule has 0 saturated heterocycles. The Hall–Kier alpha value is -4.17. The number of fused-ring (bicyclic) bond motifs is 1. The normalized spacial score (nSPS) is 12.7. The summed E-state index contributed by atoms with van der Waals surface area (Å²) in [7, 11) is 0. The van der Waals surface area contributed by atoms with E-state index in [4.69, 9.17) is 0 Å². The summed E-state index contributed by atoms with van der Waals surface area (Å²) in [6, 6.07) is 17.7. The first-order chi connectivity index (χ1) is 15.6. The highest BCUT2D eigenvalue weighted by Crippen LogP contribution is 2.27. The Kier molecular flexibility index (Phi) is 5.04. The number of hydrogen-bond acceptors (Lipinski definition) is 6. The number of nitrogens with one attached hydrogen (secondary N) is 1. The van der Waals surface area contributed by atoms with Gasteiger partial charge in [0.15, 0.2) is 5.13 Å². The molecule has 7 nitrogen and oxygen atoms in total. The molecular formula is C24H16N4O3S. The number of aromatic nitrogens is 2. The Morgan fingerprint density at radius 1 is 0.938 bits per heavy atom. The van der Waals surface area contributed by atoms with Crippen LogP contribution in [0.4, 0.5) is 5.13 Å². The molecule has 0 bridgehead atoms. The maximum Gasteiger partial charge on any atom is 0.261 e. The van der Waals surface area contributed by atoms with Gasteiger partial charge in [-0.2, -0.15) is 0 Å². The van der Waals surface area contributed by atoms with Crippen molar-refractivity contribution in [2.75, 3.05) is 5.32 Å². The SMILES string of the molecule is O=C(Nc1nc(-c2ccccc2)cs1)c1ccc2c(c1)C(=O)N(Cc1ccncc1)C2=O. The van der Waals surface area contributed by atoms with Crippen LogP contribution in [-0.2, 0) is 6.54 Å². The first-order valence-electron chi connectivity index (χ1n) is 9.81. The van der Waals surface area contributed by atoms with Crippen molar-refractivity contribution in [3.05, 3.63) is 101 Å². The third-order valence-electron chi connectivity index (χ3n) is 5.12. The summed E-state index contributed by atoms with van der Waals surface area (Å²) >= 11 is 1.32. The van der Waals surface area contributed by atoms with Gasteiger partial charge in [-0.1, -0.05) is 30.3 Å². The number of rotatable bonds is 5. The topological polar surface area (TPSA) is 92.3 Å². The lowest BCUT2D eigenvalue weighted by molar-refractivity contribution is 0.0642. The summed E-state index contributed by atoms with van der Waals surface area (Å²) < 4.78 is 0. The van der Waals surface area contributed by atoms with E-state index >= 15 is 0 Å². The highest BCUT2D eigenvalue weighted by atomic mass is 32.1. The van der Waals surface area contributed by atoms with Gasteiger partial charge in [-0.25, -0.2) is 4.98 Å². The van der Waals surface area contributed by atoms with E-state index in [0.717, 1.165) is 16.8 Å². The molecule has 1 aliphatic heterocycles. The lowest BCUT2D eigenvalue weighted by atomic mass is 10.1. The first kappa shape index (κ1) is 19.8. The van der Waals surface area contributed by atoms with Gasteiger partial charge >= 0.3 is 0 Å². The van der Waals surface area contributed by atoms with Crippen LogP contribution in [0.3, 0.4) is 0 Å². The third-order valence-corrected chi connectivity index (χ3v) is 5.87. The number of pyridine rings is 1. The van der Waals surface area contributed by atoms with Crippen LogP contribution in [0.1, 0.15) is 36.6 Å². The molecule has 8 heteroatoms. The molecule has 5 rings (SSSR count). The number of amides is 3. The highest BCUT2D eigenvalue weighted by Gasteiger charge is 2.36. The fraction of sp³-hybridized carbons (Fsp3) is 0.0417. The summed E-state index contributed by atoms with van der Waals surface area (Å²) in [5, 5.41) is 5.09. The second-order valence-corrected chi connectivity index (χ2v) is 8.03. The zero-order valence-corrected chi connectivity index (χ0v) is 17.5. The van der Waals surface area contributed by atoms with E-state index in [9.17, 15) is 14.4 Å². The minimum Gasteiger partial charge on any atom is -0.298 e. The number of benzene rings is 2. The van der Waals surface area contributed by atoms with Crippen molar-refractivity contribution in [3.63, 3.8) is 0 Å². The summed E-state index contributed by atoms with van der Waals surface area (Å²) in [5.41, 5.74) is 3.33. The van der Waals surface area contributed by atoms with Crippen molar-refractivity contribution in [1.29, 1.82) is 0 Å². The third kappa shape index (κ3) is 3.67. The Labute approximate surface area is 187 Å². The van der Waals surface area contributed by atoms with Crippen LogP contribution in [0.25, 0.3) is 11.3 Å². The maximum atomic E-state index is 12.9. The molecule has 3 amide bonds. The number of carbonyl (C=O) groups excluding carboxylic acids is 3. The quantitative estimate of drug-likeness (QED) is 0.468. The van der Waals surface area contributed by atoms with Gasteiger partial charge in [0.2, 0.25) is 0 Å². The molecule has 1 N–H and O–H groups in total. The molecule has 2 aromatic heterocycles. The van der Waals surface area contributed by atoms with Crippen molar-refractivity contribution < 1.29 is 14.4 Å². The Morgan fingerprint density at radius 2 is 1.69 bits per heavy atom. The van der Waals surface area contributed by atoms with Gasteiger partial charge in [0, 0.05) is 28.9 Å². The van der Waals surface area contributed by atoms with E-state index in [1.807, 2.05) is 35.7 Å². The van der Waals surface area contributed by atoms with Gasteiger partial charge in [-0.05, 0) is 35.9 Å². The first-order valence-corrected chi connectivity index (χ1v) is 10.7. The predicted octanol–water partition coefficient (Wildman–Crippen LogP) is 4.25. The Bertz CT molecular complexity index is 1340. The number of anilines is 1. The second kappa shape index (κ2) is 8.16. The lowest BCUT2D eigenvalue weighted by Crippen LogP contribution is -2.29. The van der Waals surface area contributed by atoms with Crippen LogP contribution < -0.4 is 5.32 Å². The largest absolute Gasteiger partial charge is 0.298 e. The minimum atomic E-state index is -0.419. The van der Waals surface area contributed by atoms with Crippen LogP contribution >= 0.6 is 11.3 Å². The number of hydrogen-bond donors (Lipinski definition) is 1. The molecule has 0 radical (unpaired) electrons. The molecular weight excluding hydrogens is 424 g/mol. The van der Waals surface area contributed by atoms with Crippen molar-refractivity contribution in [2.45, 2.75) is 6.54 Å². The number of nitrogens with zero attached hydrogens (tertiary/aromatic N) is 3. The standard InChI is InChI=1S/C24H16N4O3S/c29-21(27-24-26-20(14-32-24)16-4-2-1-3-5-16)17-6-7-18-19(12-17)23(31)28(22(18)30)13-15-8-10-25-11-9-15/h1-12,14H,13H2,(H,26,27,29). The van der Waals surface area contributed by atoms with Crippen LogP contribution in [0.2, 0.25) is 0 Å². The summed E-state index contributed by atoms with van der Waals surface area (Å²) in [4.78, 5) is 47.9. The van der Waals surface area contributed by atoms with Gasteiger partial charge in [-0.3, -0.25) is 29.6 Å². The minimum absolute atomic E-state index is 0.151. The van der Waals surface area contributed by atoms with E-state index < -0.39 is 11.8 Å². The molecule has 0 unspecified atom stereocenters. The summed E-state index contributed by atoms with van der Waals surface area (Å²) in [6.45, 7) is 0.151. The van der Waals surface area contributed by atoms with E-state index in [1.165, 1.54) is 28.4 Å². The second-order valence-electron chi connectivity index (χ2n) is 7.17. The monoisotopic (exact) mass is 440 g/mol. The molecule has 0 atom stereocenters. The van der Waals surface area contributed by atoms with Crippen molar-refractivity contribution in [2.24, 2.45) is 0 Å². The van der Waals surface area contributed by atoms with E-state index in [2.05, 4.69) is 15.3 Å². The lowest BCUT2D eigenvalue weighted by Gasteiger charge is -2.13. The number of carbonyl (C=O) groups is 3. The Balaban J connectivity index is 1.34. The summed E-state index contributed by atoms with van der Waals surface area (Å²) in [5.74, 6) is -1.19. The molecule has 1 aliphatic rings. The Morgan fingerprint density at radius 3 is 2.47 bits per heavy atom. The molecule has 0 saturated carbocycles. The molecule has 3 heterocycles. The maximum absolute atomic E-state index is 12.9. The predicted molar refractivity (Wildman–Crippen MR) is 120 cm³/mol. The highest BCUT2D eigenvalue weighted by molar-refractivity contribution is 7.14. The molecule has 32 heavy (non-hydrogen) atoms. The van der Waals surface area contributed by atoms with Crippen molar-refractivity contribution >= 4 is 34.2 Å². The van der Waals surface area contributed by atoms with Gasteiger partial charge in [-0.15, -0.1) is 11.3 Å². The molecule has 0 aliphatic carbocycles. The van der Waals surface area contributed by atoms with Crippen LogP contribution in [0, 0.1) is 0 Å². The van der Waals surface area contributed by atoms with Crippen molar-refractivity contribution in [1.82, 2.24) is 14.9 Å². The van der Waals surface area contributed by atoms with Gasteiger partial charge in [0.05, 0.1) is 23.4 Å². The fourth-order valence-corrected chi connectivity index (χ4v) is 4.20. The van der Waals surface area contributed by atoms with Crippen LogP contribution in [0.15, 0.2) is 78.4 Å². The van der Waals surface area contributed by atoms with Gasteiger partial charge < -0.3 is 0 Å². The fourth-order valence-electron chi connectivity index (χ4n) is 3.49. The van der Waals surface area contributed by atoms with E-state index in [-0.39, 0.29) is 23.6 Å². The average molecular weight is 440 g/mol. The molecule has 156 valence electrons. The zero-order chi connectivity index (χ0) is 22.1. The van der Waals surface area contributed by atoms with Crippen molar-refractivity contribution in [3.8, 4) is 11.3 Å². The molecule has 2 aromatic carbocycles. The van der Waals surface area contributed by atoms with Crippen LogP contribution in [0.5, 0.6) is 0 Å². The smallest absolute Gasteiger partial charge is 0.261 e. The number of imide groups is 1. The average Bonchev–Trinajstić information content (AvgIpc) is 3.39. The zero-order valence-electron chi connectivity index (χ0n) is 16.7. The van der Waals surface area contributed by atoms with Crippen LogP contribution in [-0.4, -0.2) is 32.6 Å². The van der Waals surface area contributed by atoms with Gasteiger partial charge in [0.1, 0.15) is 0 Å². The van der Waals surface area contributed by atoms with Gasteiger partial charge in [0.25, 0.3) is 17.7 Å². The number of thiazole rings is 1.